The van der Waals surface area contributed by atoms with Gasteiger partial charge in [-0.25, -0.2) is 4.39 Å². The van der Waals surface area contributed by atoms with Crippen LogP contribution in [0.5, 0.6) is 0 Å². The molecule has 0 bridgehead atoms. The van der Waals surface area contributed by atoms with Crippen molar-refractivity contribution in [2.75, 3.05) is 0 Å². The molecule has 1 aromatic rings. The molecule has 0 atom stereocenters. The van der Waals surface area contributed by atoms with Gasteiger partial charge in [-0.05, 0) is 12.1 Å². The van der Waals surface area contributed by atoms with Crippen LogP contribution in [-0.4, -0.2) is 5.48 Å². The highest BCUT2D eigenvalue weighted by atomic mass is 35.5. The van der Waals surface area contributed by atoms with Crippen molar-refractivity contribution in [3.63, 3.8) is 0 Å². The molecule has 1 aromatic carbocycles. The summed E-state index contributed by atoms with van der Waals surface area (Å²) in [6.07, 6.45) is 0. The van der Waals surface area contributed by atoms with Gasteiger partial charge in [0.15, 0.2) is 5.82 Å². The molecule has 56 valence electrons. The molecule has 0 aliphatic heterocycles. The Labute approximate surface area is 67.7 Å². The smallest absolute Gasteiger partial charge is 0.160 e. The molecule has 0 heterocycles. The number of rotatable bonds is 0. The van der Waals surface area contributed by atoms with Gasteiger partial charge in [0.1, 0.15) is 0 Å². The lowest BCUT2D eigenvalue weighted by molar-refractivity contribution is 0.629. The Hall–Kier alpha value is -0.310. The monoisotopic (exact) mass is 182 g/mol. The van der Waals surface area contributed by atoms with Crippen molar-refractivity contribution in [3.05, 3.63) is 34.1 Å². The summed E-state index contributed by atoms with van der Waals surface area (Å²) < 4.78 is 12.5. The van der Waals surface area contributed by atoms with Crippen LogP contribution < -0.4 is 0 Å². The number of hydrogen-bond acceptors (Lipinski definition) is 0. The largest absolute Gasteiger partial charge is 0.412 e. The van der Waals surface area contributed by atoms with Crippen molar-refractivity contribution >= 4 is 23.2 Å². The minimum atomic E-state index is -0.555. The molecule has 0 saturated carbocycles. The predicted molar refractivity (Wildman–Crippen MR) is 40.0 cm³/mol. The Morgan fingerprint density at radius 3 is 1.80 bits per heavy atom. The van der Waals surface area contributed by atoms with Crippen LogP contribution in [0.4, 0.5) is 4.39 Å². The molecule has 2 N–H and O–H groups in total. The zero-order chi connectivity index (χ0) is 6.85. The Morgan fingerprint density at radius 2 is 1.50 bits per heavy atom. The summed E-state index contributed by atoms with van der Waals surface area (Å²) in [6, 6.07) is 4.49. The fraction of sp³-hybridized carbons (Fsp3) is 0. The molecular weight excluding hydrogens is 178 g/mol. The second-order valence-corrected chi connectivity index (χ2v) is 2.35. The fourth-order valence-corrected chi connectivity index (χ4v) is 0.875. The number of benzene rings is 1. The molecule has 1 rings (SSSR count). The topological polar surface area (TPSA) is 31.5 Å². The summed E-state index contributed by atoms with van der Waals surface area (Å²) in [5, 5.41) is 0.116. The van der Waals surface area contributed by atoms with Gasteiger partial charge in [0.2, 0.25) is 0 Å². The van der Waals surface area contributed by atoms with Crippen LogP contribution in [0, 0.1) is 5.82 Å². The van der Waals surface area contributed by atoms with Crippen LogP contribution in [0.3, 0.4) is 0 Å². The maximum Gasteiger partial charge on any atom is 0.160 e. The van der Waals surface area contributed by atoms with E-state index in [1.165, 1.54) is 12.1 Å². The highest BCUT2D eigenvalue weighted by Gasteiger charge is 2.00. The van der Waals surface area contributed by atoms with Gasteiger partial charge in [0, 0.05) is 0 Å². The van der Waals surface area contributed by atoms with Gasteiger partial charge in [0.25, 0.3) is 0 Å². The van der Waals surface area contributed by atoms with E-state index in [0.29, 0.717) is 0 Å². The first-order valence-corrected chi connectivity index (χ1v) is 3.07. The van der Waals surface area contributed by atoms with E-state index in [-0.39, 0.29) is 15.5 Å². The van der Waals surface area contributed by atoms with Gasteiger partial charge in [-0.3, -0.25) is 0 Å². The first kappa shape index (κ1) is 9.69. The van der Waals surface area contributed by atoms with Crippen molar-refractivity contribution in [1.82, 2.24) is 0 Å². The second-order valence-electron chi connectivity index (χ2n) is 1.54. The van der Waals surface area contributed by atoms with Gasteiger partial charge in [-0.2, -0.15) is 0 Å². The highest BCUT2D eigenvalue weighted by Crippen LogP contribution is 2.21. The van der Waals surface area contributed by atoms with Crippen molar-refractivity contribution in [1.29, 1.82) is 0 Å². The summed E-state index contributed by atoms with van der Waals surface area (Å²) >= 11 is 10.7. The maximum atomic E-state index is 12.5. The Kier molecular flexibility index (Phi) is 3.64. The molecule has 0 amide bonds. The Bertz CT molecular complexity index is 207. The third-order valence-corrected chi connectivity index (χ3v) is 1.49. The van der Waals surface area contributed by atoms with Crippen LogP contribution in [0.1, 0.15) is 0 Å². The SMILES string of the molecule is Fc1c(Cl)cccc1Cl.O. The van der Waals surface area contributed by atoms with Gasteiger partial charge < -0.3 is 5.48 Å². The van der Waals surface area contributed by atoms with E-state index in [1.807, 2.05) is 0 Å². The average molecular weight is 183 g/mol. The van der Waals surface area contributed by atoms with Crippen molar-refractivity contribution in [3.8, 4) is 0 Å². The number of halogens is 3. The lowest BCUT2D eigenvalue weighted by Crippen LogP contribution is -1.75. The van der Waals surface area contributed by atoms with Crippen molar-refractivity contribution in [2.24, 2.45) is 0 Å². The van der Waals surface area contributed by atoms with E-state index in [1.54, 1.807) is 6.07 Å². The van der Waals surface area contributed by atoms with Crippen LogP contribution in [0.15, 0.2) is 18.2 Å². The molecule has 0 saturated heterocycles. The maximum absolute atomic E-state index is 12.5. The molecule has 0 aliphatic rings. The highest BCUT2D eigenvalue weighted by molar-refractivity contribution is 6.34. The van der Waals surface area contributed by atoms with Crippen molar-refractivity contribution in [2.45, 2.75) is 0 Å². The minimum Gasteiger partial charge on any atom is -0.412 e. The Morgan fingerprint density at radius 1 is 1.10 bits per heavy atom. The zero-order valence-corrected chi connectivity index (χ0v) is 6.38. The molecule has 0 aliphatic carbocycles. The van der Waals surface area contributed by atoms with Crippen LogP contribution in [0.25, 0.3) is 0 Å². The zero-order valence-electron chi connectivity index (χ0n) is 4.87. The fourth-order valence-electron chi connectivity index (χ4n) is 0.477. The molecule has 0 aromatic heterocycles. The first-order chi connectivity index (χ1) is 4.22. The molecule has 4 heteroatoms. The van der Waals surface area contributed by atoms with E-state index in [2.05, 4.69) is 0 Å². The van der Waals surface area contributed by atoms with Crippen molar-refractivity contribution < 1.29 is 9.87 Å². The van der Waals surface area contributed by atoms with E-state index < -0.39 is 5.82 Å². The second kappa shape index (κ2) is 3.76. The minimum absolute atomic E-state index is 0. The third-order valence-electron chi connectivity index (χ3n) is 0.904. The lowest BCUT2D eigenvalue weighted by Gasteiger charge is -1.92. The molecular formula is C6H5Cl2FO. The summed E-state index contributed by atoms with van der Waals surface area (Å²) in [6.45, 7) is 0. The number of hydrogen-bond donors (Lipinski definition) is 0. The van der Waals surface area contributed by atoms with Gasteiger partial charge in [0.05, 0.1) is 10.0 Å². The molecule has 0 radical (unpaired) electrons. The molecule has 0 spiro atoms. The lowest BCUT2D eigenvalue weighted by atomic mass is 10.3. The molecule has 1 nitrogen and oxygen atoms in total. The van der Waals surface area contributed by atoms with E-state index in [9.17, 15) is 4.39 Å². The van der Waals surface area contributed by atoms with Gasteiger partial charge >= 0.3 is 0 Å². The normalized spacial score (nSPS) is 8.70. The van der Waals surface area contributed by atoms with Gasteiger partial charge in [-0.1, -0.05) is 29.3 Å². The summed E-state index contributed by atoms with van der Waals surface area (Å²) in [7, 11) is 0. The molecule has 0 fully saturated rings. The van der Waals surface area contributed by atoms with Crippen LogP contribution >= 0.6 is 23.2 Å². The standard InChI is InChI=1S/C6H3Cl2F.H2O/c7-4-2-1-3-5(8)6(4)9;/h1-3H;1H2. The third kappa shape index (κ3) is 1.84. The van der Waals surface area contributed by atoms with E-state index in [0.717, 1.165) is 0 Å². The van der Waals surface area contributed by atoms with Crippen LogP contribution in [-0.2, 0) is 0 Å². The quantitative estimate of drug-likeness (QED) is 0.552. The average Bonchev–Trinajstić information content (AvgIpc) is 1.83. The van der Waals surface area contributed by atoms with E-state index in [4.69, 9.17) is 23.2 Å². The van der Waals surface area contributed by atoms with E-state index >= 15 is 0 Å². The predicted octanol–water partition coefficient (Wildman–Crippen LogP) is 2.31. The first-order valence-electron chi connectivity index (χ1n) is 2.31. The Balaban J connectivity index is 0.000000810. The van der Waals surface area contributed by atoms with Gasteiger partial charge in [-0.15, -0.1) is 0 Å². The summed E-state index contributed by atoms with van der Waals surface area (Å²) in [5.74, 6) is -0.555. The summed E-state index contributed by atoms with van der Waals surface area (Å²) in [4.78, 5) is 0. The van der Waals surface area contributed by atoms with Crippen LogP contribution in [0.2, 0.25) is 10.0 Å². The summed E-state index contributed by atoms with van der Waals surface area (Å²) in [5.41, 5.74) is 0. The molecule has 0 unspecified atom stereocenters. The molecule has 10 heavy (non-hydrogen) atoms.